The number of aryl methyl sites for hydroxylation is 2. The lowest BCUT2D eigenvalue weighted by atomic mass is 10.0. The van der Waals surface area contributed by atoms with Crippen LogP contribution in [0.3, 0.4) is 0 Å². The molecule has 2 rings (SSSR count). The van der Waals surface area contributed by atoms with Gasteiger partial charge in [0.25, 0.3) is 5.91 Å². The first-order chi connectivity index (χ1) is 12.8. The summed E-state index contributed by atoms with van der Waals surface area (Å²) >= 11 is 0. The molecule has 0 aliphatic carbocycles. The number of benzene rings is 2. The van der Waals surface area contributed by atoms with Crippen molar-refractivity contribution in [2.75, 3.05) is 14.1 Å². The van der Waals surface area contributed by atoms with E-state index in [9.17, 15) is 14.4 Å². The Hall–Kier alpha value is -2.95. The molecule has 0 unspecified atom stereocenters. The molecular formula is C22H26N2O3. The molecule has 0 fully saturated rings. The van der Waals surface area contributed by atoms with E-state index >= 15 is 0 Å². The Morgan fingerprint density at radius 1 is 0.889 bits per heavy atom. The van der Waals surface area contributed by atoms with Crippen LogP contribution >= 0.6 is 0 Å². The van der Waals surface area contributed by atoms with Gasteiger partial charge in [0.15, 0.2) is 5.78 Å². The van der Waals surface area contributed by atoms with Gasteiger partial charge in [-0.1, -0.05) is 24.3 Å². The van der Waals surface area contributed by atoms with Crippen LogP contribution in [0.5, 0.6) is 0 Å². The number of carbonyl (C=O) groups excluding carboxylic acids is 3. The van der Waals surface area contributed by atoms with Crippen molar-refractivity contribution in [3.63, 3.8) is 0 Å². The quantitative estimate of drug-likeness (QED) is 0.765. The summed E-state index contributed by atoms with van der Waals surface area (Å²) in [6, 6.07) is 12.7. The van der Waals surface area contributed by atoms with Crippen LogP contribution in [0, 0.1) is 13.8 Å². The first-order valence-electron chi connectivity index (χ1n) is 8.95. The molecule has 0 spiro atoms. The number of nitrogens with zero attached hydrogens (tertiary/aromatic N) is 1. The first kappa shape index (κ1) is 20.4. The number of nitrogens with one attached hydrogen (secondary N) is 1. The van der Waals surface area contributed by atoms with Gasteiger partial charge in [0, 0.05) is 44.6 Å². The van der Waals surface area contributed by atoms with Gasteiger partial charge in [-0.2, -0.15) is 0 Å². The highest BCUT2D eigenvalue weighted by molar-refractivity contribution is 5.98. The van der Waals surface area contributed by atoms with Gasteiger partial charge in [-0.05, 0) is 48.7 Å². The third-order valence-corrected chi connectivity index (χ3v) is 4.48. The summed E-state index contributed by atoms with van der Waals surface area (Å²) in [6.45, 7) is 4.29. The molecule has 27 heavy (non-hydrogen) atoms. The molecule has 0 aliphatic rings. The van der Waals surface area contributed by atoms with Gasteiger partial charge in [0.1, 0.15) is 0 Å². The summed E-state index contributed by atoms with van der Waals surface area (Å²) in [7, 11) is 3.40. The number of rotatable bonds is 7. The summed E-state index contributed by atoms with van der Waals surface area (Å²) in [5, 5.41) is 2.81. The Balaban J connectivity index is 1.86. The normalized spacial score (nSPS) is 10.4. The van der Waals surface area contributed by atoms with Gasteiger partial charge in [-0.3, -0.25) is 14.4 Å². The highest BCUT2D eigenvalue weighted by Crippen LogP contribution is 2.12. The topological polar surface area (TPSA) is 66.5 Å². The average Bonchev–Trinajstić information content (AvgIpc) is 2.66. The van der Waals surface area contributed by atoms with Crippen molar-refractivity contribution in [2.45, 2.75) is 33.2 Å². The molecule has 0 saturated heterocycles. The molecule has 2 aromatic rings. The van der Waals surface area contributed by atoms with Gasteiger partial charge in [-0.15, -0.1) is 0 Å². The fraction of sp³-hybridized carbons (Fsp3) is 0.318. The molecule has 5 nitrogen and oxygen atoms in total. The molecule has 2 amide bonds. The molecule has 1 N–H and O–H groups in total. The Morgan fingerprint density at radius 3 is 2.30 bits per heavy atom. The van der Waals surface area contributed by atoms with Crippen molar-refractivity contribution in [3.05, 3.63) is 70.3 Å². The summed E-state index contributed by atoms with van der Waals surface area (Å²) in [4.78, 5) is 37.8. The summed E-state index contributed by atoms with van der Waals surface area (Å²) in [6.07, 6.45) is 0.315. The van der Waals surface area contributed by atoms with E-state index in [4.69, 9.17) is 0 Å². The summed E-state index contributed by atoms with van der Waals surface area (Å²) in [5.41, 5.74) is 4.27. The predicted molar refractivity (Wildman–Crippen MR) is 106 cm³/mol. The van der Waals surface area contributed by atoms with Crippen LogP contribution in [0.2, 0.25) is 0 Å². The molecule has 5 heteroatoms. The molecule has 142 valence electrons. The largest absolute Gasteiger partial charge is 0.352 e. The van der Waals surface area contributed by atoms with E-state index < -0.39 is 0 Å². The molecule has 0 atom stereocenters. The maximum atomic E-state index is 12.2. The third kappa shape index (κ3) is 5.78. The minimum absolute atomic E-state index is 0.0353. The number of Topliss-reactive ketones (excluding diaryl/α,β-unsaturated/α-hetero) is 1. The van der Waals surface area contributed by atoms with E-state index in [-0.39, 0.29) is 30.4 Å². The Kier molecular flexibility index (Phi) is 6.88. The molecule has 2 aromatic carbocycles. The monoisotopic (exact) mass is 366 g/mol. The lowest BCUT2D eigenvalue weighted by Gasteiger charge is -2.11. The van der Waals surface area contributed by atoms with Crippen LogP contribution in [-0.2, 0) is 11.3 Å². The Morgan fingerprint density at radius 2 is 1.63 bits per heavy atom. The lowest BCUT2D eigenvalue weighted by molar-refractivity contribution is -0.121. The fourth-order valence-electron chi connectivity index (χ4n) is 2.65. The highest BCUT2D eigenvalue weighted by Gasteiger charge is 2.11. The molecule has 0 bridgehead atoms. The number of hydrogen-bond donors (Lipinski definition) is 1. The third-order valence-electron chi connectivity index (χ3n) is 4.48. The van der Waals surface area contributed by atoms with Crippen molar-refractivity contribution in [3.8, 4) is 0 Å². The van der Waals surface area contributed by atoms with Crippen LogP contribution in [-0.4, -0.2) is 36.6 Å². The van der Waals surface area contributed by atoms with E-state index in [0.29, 0.717) is 17.7 Å². The van der Waals surface area contributed by atoms with Crippen LogP contribution in [0.15, 0.2) is 42.5 Å². The lowest BCUT2D eigenvalue weighted by Crippen LogP contribution is -2.24. The van der Waals surface area contributed by atoms with Crippen LogP contribution in [0.1, 0.15) is 50.2 Å². The van der Waals surface area contributed by atoms with Crippen molar-refractivity contribution in [1.82, 2.24) is 10.2 Å². The van der Waals surface area contributed by atoms with Crippen molar-refractivity contribution in [2.24, 2.45) is 0 Å². The minimum atomic E-state index is -0.184. The zero-order valence-electron chi connectivity index (χ0n) is 16.3. The van der Waals surface area contributed by atoms with E-state index in [1.54, 1.807) is 38.4 Å². The van der Waals surface area contributed by atoms with Gasteiger partial charge in [0.05, 0.1) is 0 Å². The first-order valence-corrected chi connectivity index (χ1v) is 8.95. The smallest absolute Gasteiger partial charge is 0.253 e. The second kappa shape index (κ2) is 9.12. The predicted octanol–water partition coefficient (Wildman–Crippen LogP) is 3.28. The van der Waals surface area contributed by atoms with Gasteiger partial charge in [-0.25, -0.2) is 0 Å². The second-order valence-corrected chi connectivity index (χ2v) is 6.90. The molecular weight excluding hydrogens is 340 g/mol. The molecule has 0 heterocycles. The SMILES string of the molecule is Cc1ccc(C(=O)CCC(=O)NCc2cccc(C(=O)N(C)C)c2)cc1C. The van der Waals surface area contributed by atoms with Crippen LogP contribution < -0.4 is 5.32 Å². The molecule has 0 saturated carbocycles. The highest BCUT2D eigenvalue weighted by atomic mass is 16.2. The molecule has 0 aromatic heterocycles. The molecule has 0 radical (unpaired) electrons. The van der Waals surface area contributed by atoms with Gasteiger partial charge in [0.2, 0.25) is 5.91 Å². The van der Waals surface area contributed by atoms with Crippen molar-refractivity contribution < 1.29 is 14.4 Å². The zero-order valence-corrected chi connectivity index (χ0v) is 16.3. The van der Waals surface area contributed by atoms with Crippen LogP contribution in [0.25, 0.3) is 0 Å². The van der Waals surface area contributed by atoms with Crippen molar-refractivity contribution >= 4 is 17.6 Å². The number of ketones is 1. The number of carbonyl (C=O) groups is 3. The fourth-order valence-corrected chi connectivity index (χ4v) is 2.65. The maximum absolute atomic E-state index is 12.2. The van der Waals surface area contributed by atoms with Gasteiger partial charge >= 0.3 is 0 Å². The Labute approximate surface area is 160 Å². The standard InChI is InChI=1S/C22H26N2O3/c1-15-8-9-18(12-16(15)2)20(25)10-11-21(26)23-14-17-6-5-7-19(13-17)22(27)24(3)4/h5-9,12-13H,10-11,14H2,1-4H3,(H,23,26). The zero-order chi connectivity index (χ0) is 20.0. The second-order valence-electron chi connectivity index (χ2n) is 6.90. The Bertz CT molecular complexity index is 856. The van der Waals surface area contributed by atoms with Crippen molar-refractivity contribution in [1.29, 1.82) is 0 Å². The van der Waals surface area contributed by atoms with Crippen LogP contribution in [0.4, 0.5) is 0 Å². The molecule has 0 aliphatic heterocycles. The van der Waals surface area contributed by atoms with Gasteiger partial charge < -0.3 is 10.2 Å². The van der Waals surface area contributed by atoms with E-state index in [2.05, 4.69) is 5.32 Å². The van der Waals surface area contributed by atoms with E-state index in [1.165, 1.54) is 4.90 Å². The summed E-state index contributed by atoms with van der Waals surface area (Å²) < 4.78 is 0. The maximum Gasteiger partial charge on any atom is 0.253 e. The van der Waals surface area contributed by atoms with E-state index in [0.717, 1.165) is 16.7 Å². The summed E-state index contributed by atoms with van der Waals surface area (Å²) in [5.74, 6) is -0.300. The average molecular weight is 366 g/mol. The number of amides is 2. The van der Waals surface area contributed by atoms with E-state index in [1.807, 2.05) is 32.0 Å². The number of hydrogen-bond acceptors (Lipinski definition) is 3. The minimum Gasteiger partial charge on any atom is -0.352 e.